The monoisotopic (exact) mass is 450 g/mol. The number of rotatable bonds is 10. The van der Waals surface area contributed by atoms with Crippen molar-refractivity contribution in [3.05, 3.63) is 76.7 Å². The molecule has 1 amide bonds. The number of benzene rings is 2. The molecule has 0 aliphatic heterocycles. The Kier molecular flexibility index (Phi) is 8.13. The van der Waals surface area contributed by atoms with Gasteiger partial charge in [-0.1, -0.05) is 23.4 Å². The van der Waals surface area contributed by atoms with Crippen LogP contribution in [0.2, 0.25) is 0 Å². The van der Waals surface area contributed by atoms with Crippen molar-refractivity contribution in [1.29, 1.82) is 0 Å². The first-order valence-electron chi connectivity index (χ1n) is 10.8. The lowest BCUT2D eigenvalue weighted by molar-refractivity contribution is -0.117. The van der Waals surface area contributed by atoms with E-state index in [0.717, 1.165) is 33.9 Å². The molecule has 2 aromatic carbocycles. The van der Waals surface area contributed by atoms with Crippen LogP contribution in [0.1, 0.15) is 48.0 Å². The molecule has 0 bridgehead atoms. The van der Waals surface area contributed by atoms with E-state index in [1.165, 1.54) is 6.08 Å². The van der Waals surface area contributed by atoms with Crippen molar-refractivity contribution in [2.75, 3.05) is 13.7 Å². The van der Waals surface area contributed by atoms with E-state index >= 15 is 0 Å². The fraction of sp³-hybridized carbons (Fsp3) is 0.308. The molecule has 3 aromatic rings. The van der Waals surface area contributed by atoms with Gasteiger partial charge in [-0.25, -0.2) is 0 Å². The van der Waals surface area contributed by atoms with Crippen molar-refractivity contribution in [3.8, 4) is 17.2 Å². The Morgan fingerprint density at radius 1 is 1.12 bits per heavy atom. The molecular weight excluding hydrogens is 420 g/mol. The van der Waals surface area contributed by atoms with E-state index in [2.05, 4.69) is 10.5 Å². The molecule has 1 heterocycles. The Balaban J connectivity index is 1.60. The first-order valence-corrected chi connectivity index (χ1v) is 10.8. The molecule has 1 atom stereocenters. The van der Waals surface area contributed by atoms with Gasteiger partial charge in [0.1, 0.15) is 18.1 Å². The first kappa shape index (κ1) is 23.9. The van der Waals surface area contributed by atoms with Crippen LogP contribution in [0.15, 0.2) is 53.1 Å². The summed E-state index contributed by atoms with van der Waals surface area (Å²) in [6.45, 7) is 8.57. The molecule has 7 heteroatoms. The van der Waals surface area contributed by atoms with Gasteiger partial charge in [0.15, 0.2) is 11.5 Å². The van der Waals surface area contributed by atoms with Gasteiger partial charge in [0.05, 0.1) is 31.0 Å². The lowest BCUT2D eigenvalue weighted by Gasteiger charge is -2.14. The molecule has 3 rings (SSSR count). The largest absolute Gasteiger partial charge is 0.494 e. The molecule has 0 radical (unpaired) electrons. The molecule has 0 fully saturated rings. The van der Waals surface area contributed by atoms with Gasteiger partial charge >= 0.3 is 0 Å². The summed E-state index contributed by atoms with van der Waals surface area (Å²) < 4.78 is 22.0. The Hall–Kier alpha value is -3.74. The number of amides is 1. The molecular formula is C26H30N2O5. The number of ether oxygens (including phenoxy) is 3. The Bertz CT molecular complexity index is 1080. The van der Waals surface area contributed by atoms with Crippen LogP contribution in [-0.2, 0) is 11.4 Å². The topological polar surface area (TPSA) is 82.8 Å². The van der Waals surface area contributed by atoms with E-state index < -0.39 is 0 Å². The predicted molar refractivity (Wildman–Crippen MR) is 127 cm³/mol. The molecule has 1 aromatic heterocycles. The summed E-state index contributed by atoms with van der Waals surface area (Å²) in [5.41, 5.74) is 3.54. The van der Waals surface area contributed by atoms with Gasteiger partial charge in [-0.15, -0.1) is 0 Å². The Labute approximate surface area is 194 Å². The highest BCUT2D eigenvalue weighted by Gasteiger charge is 2.12. The highest BCUT2D eigenvalue weighted by molar-refractivity contribution is 5.92. The fourth-order valence-corrected chi connectivity index (χ4v) is 3.30. The summed E-state index contributed by atoms with van der Waals surface area (Å²) in [4.78, 5) is 12.4. The third-order valence-corrected chi connectivity index (χ3v) is 5.22. The highest BCUT2D eigenvalue weighted by Crippen LogP contribution is 2.30. The highest BCUT2D eigenvalue weighted by atomic mass is 16.5. The third kappa shape index (κ3) is 6.38. The maximum atomic E-state index is 12.4. The molecule has 174 valence electrons. The first-order chi connectivity index (χ1) is 15.9. The Morgan fingerprint density at radius 2 is 1.88 bits per heavy atom. The van der Waals surface area contributed by atoms with Crippen LogP contribution in [-0.4, -0.2) is 24.8 Å². The maximum Gasteiger partial charge on any atom is 0.244 e. The molecule has 33 heavy (non-hydrogen) atoms. The normalized spacial score (nSPS) is 11.9. The predicted octanol–water partition coefficient (Wildman–Crippen LogP) is 5.17. The van der Waals surface area contributed by atoms with E-state index in [0.29, 0.717) is 24.7 Å². The quantitative estimate of drug-likeness (QED) is 0.429. The number of nitrogens with zero attached hydrogens (tertiary/aromatic N) is 1. The van der Waals surface area contributed by atoms with Crippen molar-refractivity contribution in [3.63, 3.8) is 0 Å². The smallest absolute Gasteiger partial charge is 0.244 e. The number of methoxy groups -OCH3 is 1. The van der Waals surface area contributed by atoms with Crippen LogP contribution in [0, 0.1) is 13.8 Å². The van der Waals surface area contributed by atoms with Crippen LogP contribution in [0.4, 0.5) is 0 Å². The minimum absolute atomic E-state index is 0.132. The van der Waals surface area contributed by atoms with E-state index in [9.17, 15) is 4.79 Å². The second-order valence-electron chi connectivity index (χ2n) is 7.57. The summed E-state index contributed by atoms with van der Waals surface area (Å²) in [5, 5.41) is 6.91. The fourth-order valence-electron chi connectivity index (χ4n) is 3.30. The standard InChI is InChI=1S/C26H30N2O5/c1-6-31-22-11-9-21(10-12-22)17(2)27-26(29)14-8-20-7-13-24(25(15-20)30-5)32-16-23-18(3)28-33-19(23)4/h7-15,17H,6,16H2,1-5H3,(H,27,29)/b14-8+. The number of carbonyl (C=O) groups is 1. The minimum atomic E-state index is -0.186. The molecule has 0 saturated heterocycles. The van der Waals surface area contributed by atoms with Crippen molar-refractivity contribution in [2.24, 2.45) is 0 Å². The van der Waals surface area contributed by atoms with Crippen LogP contribution in [0.25, 0.3) is 6.08 Å². The molecule has 1 N–H and O–H groups in total. The van der Waals surface area contributed by atoms with E-state index in [1.54, 1.807) is 13.2 Å². The second kappa shape index (κ2) is 11.2. The summed E-state index contributed by atoms with van der Waals surface area (Å²) >= 11 is 0. The van der Waals surface area contributed by atoms with Crippen molar-refractivity contribution in [2.45, 2.75) is 40.3 Å². The third-order valence-electron chi connectivity index (χ3n) is 5.22. The summed E-state index contributed by atoms with van der Waals surface area (Å²) in [7, 11) is 1.58. The van der Waals surface area contributed by atoms with Crippen molar-refractivity contribution in [1.82, 2.24) is 10.5 Å². The Morgan fingerprint density at radius 3 is 2.52 bits per heavy atom. The summed E-state index contributed by atoms with van der Waals surface area (Å²) in [6, 6.07) is 13.1. The lowest BCUT2D eigenvalue weighted by Crippen LogP contribution is -2.24. The van der Waals surface area contributed by atoms with Gasteiger partial charge in [-0.2, -0.15) is 0 Å². The van der Waals surface area contributed by atoms with Crippen LogP contribution in [0.5, 0.6) is 17.2 Å². The SMILES string of the molecule is CCOc1ccc(C(C)NC(=O)/C=C/c2ccc(OCc3c(C)noc3C)c(OC)c2)cc1. The van der Waals surface area contributed by atoms with Crippen molar-refractivity contribution < 1.29 is 23.5 Å². The summed E-state index contributed by atoms with van der Waals surface area (Å²) in [5.74, 6) is 2.54. The average molecular weight is 451 g/mol. The maximum absolute atomic E-state index is 12.4. The van der Waals surface area contributed by atoms with E-state index in [4.69, 9.17) is 18.7 Å². The van der Waals surface area contributed by atoms with Crippen LogP contribution in [0.3, 0.4) is 0 Å². The number of carbonyl (C=O) groups excluding carboxylic acids is 1. The van der Waals surface area contributed by atoms with E-state index in [-0.39, 0.29) is 11.9 Å². The van der Waals surface area contributed by atoms with Gasteiger partial charge in [-0.05, 0) is 69.2 Å². The molecule has 0 aliphatic rings. The molecule has 1 unspecified atom stereocenters. The zero-order valence-electron chi connectivity index (χ0n) is 19.7. The number of aryl methyl sites for hydroxylation is 2. The average Bonchev–Trinajstić information content (AvgIpc) is 3.14. The lowest BCUT2D eigenvalue weighted by atomic mass is 10.1. The number of nitrogens with one attached hydrogen (secondary N) is 1. The summed E-state index contributed by atoms with van der Waals surface area (Å²) in [6.07, 6.45) is 3.24. The molecule has 0 aliphatic carbocycles. The number of hydrogen-bond acceptors (Lipinski definition) is 6. The van der Waals surface area contributed by atoms with Gasteiger partial charge in [0.2, 0.25) is 5.91 Å². The van der Waals surface area contributed by atoms with Gasteiger partial charge in [0, 0.05) is 6.08 Å². The van der Waals surface area contributed by atoms with Gasteiger partial charge in [-0.3, -0.25) is 4.79 Å². The van der Waals surface area contributed by atoms with Crippen LogP contribution >= 0.6 is 0 Å². The zero-order chi connectivity index (χ0) is 23.8. The molecule has 0 spiro atoms. The second-order valence-corrected chi connectivity index (χ2v) is 7.57. The van der Waals surface area contributed by atoms with E-state index in [1.807, 2.05) is 70.2 Å². The van der Waals surface area contributed by atoms with Gasteiger partial charge in [0.25, 0.3) is 0 Å². The van der Waals surface area contributed by atoms with Crippen molar-refractivity contribution >= 4 is 12.0 Å². The number of aromatic nitrogens is 1. The van der Waals surface area contributed by atoms with Crippen LogP contribution < -0.4 is 19.5 Å². The minimum Gasteiger partial charge on any atom is -0.494 e. The molecule has 7 nitrogen and oxygen atoms in total. The van der Waals surface area contributed by atoms with Gasteiger partial charge < -0.3 is 24.1 Å². The zero-order valence-corrected chi connectivity index (χ0v) is 19.7. The molecule has 0 saturated carbocycles. The number of hydrogen-bond donors (Lipinski definition) is 1.